The summed E-state index contributed by atoms with van der Waals surface area (Å²) in [7, 11) is 0. The van der Waals surface area contributed by atoms with E-state index in [1.54, 1.807) is 5.51 Å². The van der Waals surface area contributed by atoms with Gasteiger partial charge in [0.1, 0.15) is 5.51 Å². The van der Waals surface area contributed by atoms with Gasteiger partial charge in [-0.2, -0.15) is 4.37 Å². The van der Waals surface area contributed by atoms with Crippen molar-refractivity contribution >= 4 is 22.9 Å². The van der Waals surface area contributed by atoms with Crippen LogP contribution in [0.4, 0.5) is 0 Å². The summed E-state index contributed by atoms with van der Waals surface area (Å²) in [4.78, 5) is 3.85. The largest absolute Gasteiger partial charge is 0.212 e. The van der Waals surface area contributed by atoms with Gasteiger partial charge in [0.15, 0.2) is 10.0 Å². The summed E-state index contributed by atoms with van der Waals surface area (Å²) >= 11 is 2.72. The maximum Gasteiger partial charge on any atom is 0.212 e. The zero-order valence-electron chi connectivity index (χ0n) is 4.68. The van der Waals surface area contributed by atoms with E-state index >= 15 is 0 Å². The third-order valence-corrected chi connectivity index (χ3v) is 2.33. The molecule has 1 radical (unpaired) electrons. The number of aromatic nitrogens is 4. The van der Waals surface area contributed by atoms with E-state index < -0.39 is 0 Å². The molecule has 0 saturated carbocycles. The van der Waals surface area contributed by atoms with Crippen LogP contribution in [0.5, 0.6) is 0 Å². The van der Waals surface area contributed by atoms with Crippen molar-refractivity contribution in [1.82, 2.24) is 19.6 Å². The molecule has 0 aliphatic heterocycles. The molecule has 2 aromatic heterocycles. The van der Waals surface area contributed by atoms with E-state index in [-0.39, 0.29) is 0 Å². The smallest absolute Gasteiger partial charge is 0.209 e. The standard InChI is InChI=1S/C4HN4S2/c1-5-3(10-7-1)4-8-6-2-9-4/h2H. The average molecular weight is 169 g/mol. The van der Waals surface area contributed by atoms with Crippen LogP contribution in [0.15, 0.2) is 5.51 Å². The predicted octanol–water partition coefficient (Wildman–Crippen LogP) is 0.857. The average Bonchev–Trinajstić information content (AvgIpc) is 2.59. The van der Waals surface area contributed by atoms with Crippen LogP contribution in [0.2, 0.25) is 0 Å². The van der Waals surface area contributed by atoms with Gasteiger partial charge in [-0.15, -0.1) is 10.2 Å². The number of rotatable bonds is 1. The fraction of sp³-hybridized carbons (Fsp3) is 0. The summed E-state index contributed by atoms with van der Waals surface area (Å²) in [5, 5.41) is 9.07. The SMILES string of the molecule is [c]1nsc(-c2nncs2)n1. The molecule has 2 aromatic rings. The first-order valence-electron chi connectivity index (χ1n) is 2.43. The second kappa shape index (κ2) is 2.39. The van der Waals surface area contributed by atoms with Gasteiger partial charge in [-0.1, -0.05) is 11.3 Å². The predicted molar refractivity (Wildman–Crippen MR) is 37.6 cm³/mol. The Morgan fingerprint density at radius 1 is 1.40 bits per heavy atom. The molecule has 0 saturated heterocycles. The van der Waals surface area contributed by atoms with Crippen LogP contribution in [0, 0.1) is 6.33 Å². The highest BCUT2D eigenvalue weighted by atomic mass is 32.1. The molecule has 0 fully saturated rings. The van der Waals surface area contributed by atoms with Crippen molar-refractivity contribution in [3.8, 4) is 10.0 Å². The van der Waals surface area contributed by atoms with E-state index in [0.29, 0.717) is 0 Å². The van der Waals surface area contributed by atoms with Crippen molar-refractivity contribution in [2.75, 3.05) is 0 Å². The Labute approximate surface area is 64.8 Å². The number of hydrogen-bond donors (Lipinski definition) is 0. The Morgan fingerprint density at radius 3 is 3.00 bits per heavy atom. The maximum atomic E-state index is 3.85. The van der Waals surface area contributed by atoms with Crippen molar-refractivity contribution in [2.24, 2.45) is 0 Å². The van der Waals surface area contributed by atoms with Gasteiger partial charge in [0.25, 0.3) is 0 Å². The fourth-order valence-electron chi connectivity index (χ4n) is 0.503. The van der Waals surface area contributed by atoms with Gasteiger partial charge in [0.2, 0.25) is 6.33 Å². The zero-order valence-corrected chi connectivity index (χ0v) is 6.32. The molecule has 2 heterocycles. The molecule has 0 bridgehead atoms. The van der Waals surface area contributed by atoms with E-state index in [1.165, 1.54) is 22.9 Å². The molecule has 0 aliphatic rings. The van der Waals surface area contributed by atoms with Crippen LogP contribution in [0.3, 0.4) is 0 Å². The Kier molecular flexibility index (Phi) is 1.40. The van der Waals surface area contributed by atoms with Crippen molar-refractivity contribution in [3.05, 3.63) is 11.8 Å². The topological polar surface area (TPSA) is 51.6 Å². The third kappa shape index (κ3) is 0.910. The highest BCUT2D eigenvalue weighted by Gasteiger charge is 2.03. The summed E-state index contributed by atoms with van der Waals surface area (Å²) in [6.07, 6.45) is 2.48. The highest BCUT2D eigenvalue weighted by Crippen LogP contribution is 2.19. The van der Waals surface area contributed by atoms with Crippen molar-refractivity contribution in [2.45, 2.75) is 0 Å². The summed E-state index contributed by atoms with van der Waals surface area (Å²) in [5.41, 5.74) is 1.66. The minimum absolute atomic E-state index is 0.780. The van der Waals surface area contributed by atoms with Crippen LogP contribution in [0.25, 0.3) is 10.0 Å². The summed E-state index contributed by atoms with van der Waals surface area (Å²) in [6.45, 7) is 0. The van der Waals surface area contributed by atoms with Crippen molar-refractivity contribution in [3.63, 3.8) is 0 Å². The summed E-state index contributed by atoms with van der Waals surface area (Å²) in [5.74, 6) is 0. The van der Waals surface area contributed by atoms with Gasteiger partial charge in [-0.25, -0.2) is 4.98 Å². The van der Waals surface area contributed by atoms with E-state index in [0.717, 1.165) is 10.0 Å². The van der Waals surface area contributed by atoms with Crippen molar-refractivity contribution < 1.29 is 0 Å². The molecule has 0 aliphatic carbocycles. The van der Waals surface area contributed by atoms with Crippen LogP contribution < -0.4 is 0 Å². The minimum Gasteiger partial charge on any atom is -0.209 e. The lowest BCUT2D eigenvalue weighted by molar-refractivity contribution is 1.09. The van der Waals surface area contributed by atoms with Gasteiger partial charge < -0.3 is 0 Å². The number of hydrogen-bond acceptors (Lipinski definition) is 6. The second-order valence-electron chi connectivity index (χ2n) is 1.44. The molecule has 0 aromatic carbocycles. The van der Waals surface area contributed by atoms with Gasteiger partial charge in [-0.3, -0.25) is 0 Å². The Bertz CT molecular complexity index is 255. The van der Waals surface area contributed by atoms with Gasteiger partial charge >= 0.3 is 0 Å². The van der Waals surface area contributed by atoms with E-state index in [9.17, 15) is 0 Å². The lowest BCUT2D eigenvalue weighted by atomic mass is 10.7. The van der Waals surface area contributed by atoms with Gasteiger partial charge in [0, 0.05) is 0 Å². The van der Waals surface area contributed by atoms with E-state index in [2.05, 4.69) is 25.9 Å². The molecule has 2 rings (SSSR count). The van der Waals surface area contributed by atoms with Crippen LogP contribution >= 0.6 is 22.9 Å². The lowest BCUT2D eigenvalue weighted by Crippen LogP contribution is -1.72. The number of nitrogens with zero attached hydrogens (tertiary/aromatic N) is 4. The Hall–Kier alpha value is -0.880. The third-order valence-electron chi connectivity index (χ3n) is 0.867. The van der Waals surface area contributed by atoms with Crippen LogP contribution in [-0.2, 0) is 0 Å². The first kappa shape index (κ1) is 5.87. The highest BCUT2D eigenvalue weighted by molar-refractivity contribution is 7.17. The molecule has 4 nitrogen and oxygen atoms in total. The fourth-order valence-corrected chi connectivity index (χ4v) is 1.56. The quantitative estimate of drug-likeness (QED) is 0.635. The molecule has 0 unspecified atom stereocenters. The zero-order chi connectivity index (χ0) is 6.81. The van der Waals surface area contributed by atoms with Crippen molar-refractivity contribution in [1.29, 1.82) is 0 Å². The molecule has 6 heteroatoms. The normalized spacial score (nSPS) is 10.0. The van der Waals surface area contributed by atoms with E-state index in [4.69, 9.17) is 0 Å². The molecule has 0 spiro atoms. The molecule has 0 atom stereocenters. The second-order valence-corrected chi connectivity index (χ2v) is 3.03. The summed E-state index contributed by atoms with van der Waals surface area (Å²) < 4.78 is 3.72. The van der Waals surface area contributed by atoms with Crippen LogP contribution in [0.1, 0.15) is 0 Å². The molecular weight excluding hydrogens is 168 g/mol. The molecule has 0 N–H and O–H groups in total. The van der Waals surface area contributed by atoms with Gasteiger partial charge in [-0.05, 0) is 11.5 Å². The summed E-state index contributed by atoms with van der Waals surface area (Å²) in [6, 6.07) is 0. The minimum atomic E-state index is 0.780. The van der Waals surface area contributed by atoms with Gasteiger partial charge in [0.05, 0.1) is 0 Å². The first-order chi connectivity index (χ1) is 4.97. The van der Waals surface area contributed by atoms with E-state index in [1.807, 2.05) is 0 Å². The first-order valence-corrected chi connectivity index (χ1v) is 4.08. The molecular formula is C4HN4S2. The molecule has 49 valence electrons. The van der Waals surface area contributed by atoms with Crippen LogP contribution in [-0.4, -0.2) is 19.6 Å². The molecule has 10 heavy (non-hydrogen) atoms. The lowest BCUT2D eigenvalue weighted by Gasteiger charge is -1.78. The maximum absolute atomic E-state index is 3.85. The Balaban J connectivity index is 2.48. The Morgan fingerprint density at radius 2 is 2.40 bits per heavy atom. The monoisotopic (exact) mass is 169 g/mol. The molecule has 0 amide bonds.